The third kappa shape index (κ3) is 3.62. The molecule has 2 atom stereocenters. The number of nitrogens with zero attached hydrogens (tertiary/aromatic N) is 1. The minimum absolute atomic E-state index is 0.149. The lowest BCUT2D eigenvalue weighted by Crippen LogP contribution is -2.32. The quantitative estimate of drug-likeness (QED) is 0.861. The van der Waals surface area contributed by atoms with Gasteiger partial charge in [-0.2, -0.15) is 11.8 Å². The summed E-state index contributed by atoms with van der Waals surface area (Å²) in [6.07, 6.45) is 4.79. The predicted molar refractivity (Wildman–Crippen MR) is 79.5 cm³/mol. The van der Waals surface area contributed by atoms with Crippen molar-refractivity contribution in [3.8, 4) is 5.75 Å². The fourth-order valence-electron chi connectivity index (χ4n) is 2.09. The van der Waals surface area contributed by atoms with Crippen LogP contribution in [0.2, 0.25) is 0 Å². The Morgan fingerprint density at radius 2 is 2.11 bits per heavy atom. The van der Waals surface area contributed by atoms with E-state index in [1.807, 2.05) is 24.9 Å². The number of methoxy groups -OCH3 is 1. The normalized spacial score (nSPS) is 14.3. The molecule has 2 N–H and O–H groups in total. The molecule has 0 spiro atoms. The molecule has 2 unspecified atom stereocenters. The molecule has 1 heterocycles. The Labute approximate surface area is 115 Å². The molecule has 0 amide bonds. The first-order chi connectivity index (χ1) is 8.51. The van der Waals surface area contributed by atoms with Crippen molar-refractivity contribution in [2.45, 2.75) is 33.2 Å². The van der Waals surface area contributed by atoms with Gasteiger partial charge >= 0.3 is 0 Å². The standard InChI is InChI=1S/C14H24N2OS/c1-9-7-16-13(11(3)14(9)17-4)6-12(15)10(2)8-18-5/h7,10,12H,6,8,15H2,1-5H3. The lowest BCUT2D eigenvalue weighted by Gasteiger charge is -2.20. The average molecular weight is 268 g/mol. The summed E-state index contributed by atoms with van der Waals surface area (Å²) in [6, 6.07) is 0.149. The zero-order valence-corrected chi connectivity index (χ0v) is 12.8. The maximum atomic E-state index is 6.24. The highest BCUT2D eigenvalue weighted by atomic mass is 32.2. The number of ether oxygens (including phenoxy) is 1. The number of nitrogens with two attached hydrogens (primary N) is 1. The zero-order chi connectivity index (χ0) is 13.7. The maximum Gasteiger partial charge on any atom is 0.128 e. The van der Waals surface area contributed by atoms with Gasteiger partial charge in [0.1, 0.15) is 5.75 Å². The Morgan fingerprint density at radius 1 is 1.44 bits per heavy atom. The Morgan fingerprint density at radius 3 is 2.67 bits per heavy atom. The van der Waals surface area contributed by atoms with Crippen LogP contribution >= 0.6 is 11.8 Å². The Bertz CT molecular complexity index is 396. The second-order valence-electron chi connectivity index (χ2n) is 4.85. The van der Waals surface area contributed by atoms with Crippen LogP contribution in [0.15, 0.2) is 6.20 Å². The third-order valence-electron chi connectivity index (χ3n) is 3.34. The molecule has 102 valence electrons. The second-order valence-corrected chi connectivity index (χ2v) is 5.76. The molecule has 18 heavy (non-hydrogen) atoms. The minimum Gasteiger partial charge on any atom is -0.496 e. The summed E-state index contributed by atoms with van der Waals surface area (Å²) in [7, 11) is 1.70. The number of pyridine rings is 1. The van der Waals surface area contributed by atoms with Gasteiger partial charge in [-0.25, -0.2) is 0 Å². The summed E-state index contributed by atoms with van der Waals surface area (Å²) < 4.78 is 5.42. The molecule has 0 saturated heterocycles. The van der Waals surface area contributed by atoms with Crippen molar-refractivity contribution in [2.24, 2.45) is 11.7 Å². The fourth-order valence-corrected chi connectivity index (χ4v) is 2.86. The highest BCUT2D eigenvalue weighted by Crippen LogP contribution is 2.25. The van der Waals surface area contributed by atoms with Gasteiger partial charge < -0.3 is 10.5 Å². The molecule has 0 bridgehead atoms. The Balaban J connectivity index is 2.85. The van der Waals surface area contributed by atoms with Crippen LogP contribution in [0.5, 0.6) is 5.75 Å². The van der Waals surface area contributed by atoms with Crippen LogP contribution in [-0.4, -0.2) is 30.1 Å². The van der Waals surface area contributed by atoms with Crippen LogP contribution in [0.1, 0.15) is 23.7 Å². The van der Waals surface area contributed by atoms with E-state index in [4.69, 9.17) is 10.5 Å². The molecule has 0 radical (unpaired) electrons. The van der Waals surface area contributed by atoms with Gasteiger partial charge in [0.2, 0.25) is 0 Å². The topological polar surface area (TPSA) is 48.1 Å². The van der Waals surface area contributed by atoms with Gasteiger partial charge in [-0.15, -0.1) is 0 Å². The van der Waals surface area contributed by atoms with E-state index in [1.54, 1.807) is 7.11 Å². The van der Waals surface area contributed by atoms with Crippen LogP contribution < -0.4 is 10.5 Å². The van der Waals surface area contributed by atoms with E-state index in [9.17, 15) is 0 Å². The van der Waals surface area contributed by atoms with Gasteiger partial charge in [-0.1, -0.05) is 6.92 Å². The third-order valence-corrected chi connectivity index (χ3v) is 4.20. The lowest BCUT2D eigenvalue weighted by atomic mass is 9.97. The summed E-state index contributed by atoms with van der Waals surface area (Å²) in [5.74, 6) is 2.52. The number of aromatic nitrogens is 1. The number of thioether (sulfide) groups is 1. The largest absolute Gasteiger partial charge is 0.496 e. The lowest BCUT2D eigenvalue weighted by molar-refractivity contribution is 0.405. The minimum atomic E-state index is 0.149. The number of rotatable bonds is 6. The van der Waals surface area contributed by atoms with E-state index in [0.29, 0.717) is 5.92 Å². The second kappa shape index (κ2) is 7.00. The first-order valence-electron chi connectivity index (χ1n) is 6.24. The highest BCUT2D eigenvalue weighted by Gasteiger charge is 2.17. The van der Waals surface area contributed by atoms with Crippen molar-refractivity contribution >= 4 is 11.8 Å². The molecule has 0 aliphatic heterocycles. The summed E-state index contributed by atoms with van der Waals surface area (Å²) >= 11 is 1.84. The maximum absolute atomic E-state index is 6.24. The van der Waals surface area contributed by atoms with Crippen LogP contribution in [0.3, 0.4) is 0 Å². The van der Waals surface area contributed by atoms with E-state index in [1.165, 1.54) is 0 Å². The molecule has 4 heteroatoms. The van der Waals surface area contributed by atoms with Crippen molar-refractivity contribution in [1.29, 1.82) is 0 Å². The van der Waals surface area contributed by atoms with Gasteiger partial charge in [0.25, 0.3) is 0 Å². The van der Waals surface area contributed by atoms with Gasteiger partial charge in [0.15, 0.2) is 0 Å². The van der Waals surface area contributed by atoms with Crippen molar-refractivity contribution in [2.75, 3.05) is 19.1 Å². The average Bonchev–Trinajstić information content (AvgIpc) is 2.33. The summed E-state index contributed by atoms with van der Waals surface area (Å²) in [5, 5.41) is 0. The number of hydrogen-bond acceptors (Lipinski definition) is 4. The summed E-state index contributed by atoms with van der Waals surface area (Å²) in [5.41, 5.74) is 9.48. The highest BCUT2D eigenvalue weighted by molar-refractivity contribution is 7.98. The SMILES string of the molecule is COc1c(C)cnc(CC(N)C(C)CSC)c1C. The molecule has 1 aromatic heterocycles. The van der Waals surface area contributed by atoms with Crippen LogP contribution in [-0.2, 0) is 6.42 Å². The smallest absolute Gasteiger partial charge is 0.128 e. The van der Waals surface area contributed by atoms with Crippen molar-refractivity contribution in [1.82, 2.24) is 4.98 Å². The van der Waals surface area contributed by atoms with Gasteiger partial charge in [-0.3, -0.25) is 4.98 Å². The van der Waals surface area contributed by atoms with Crippen LogP contribution in [0, 0.1) is 19.8 Å². The van der Waals surface area contributed by atoms with E-state index in [-0.39, 0.29) is 6.04 Å². The van der Waals surface area contributed by atoms with E-state index < -0.39 is 0 Å². The number of hydrogen-bond donors (Lipinski definition) is 1. The molecule has 0 saturated carbocycles. The molecule has 0 fully saturated rings. The van der Waals surface area contributed by atoms with Crippen molar-refractivity contribution < 1.29 is 4.74 Å². The predicted octanol–water partition coefficient (Wildman–Crippen LogP) is 2.58. The molecule has 0 aromatic carbocycles. The van der Waals surface area contributed by atoms with E-state index in [0.717, 1.165) is 34.7 Å². The molecular formula is C14H24N2OS. The van der Waals surface area contributed by atoms with Gasteiger partial charge in [-0.05, 0) is 31.8 Å². The first-order valence-corrected chi connectivity index (χ1v) is 7.64. The van der Waals surface area contributed by atoms with Crippen molar-refractivity contribution in [3.63, 3.8) is 0 Å². The molecule has 3 nitrogen and oxygen atoms in total. The van der Waals surface area contributed by atoms with Crippen molar-refractivity contribution in [3.05, 3.63) is 23.0 Å². The Kier molecular flexibility index (Phi) is 5.96. The molecule has 1 aromatic rings. The summed E-state index contributed by atoms with van der Waals surface area (Å²) in [4.78, 5) is 4.50. The van der Waals surface area contributed by atoms with E-state index in [2.05, 4.69) is 25.1 Å². The number of aryl methyl sites for hydroxylation is 1. The molecule has 0 aliphatic carbocycles. The van der Waals surface area contributed by atoms with Gasteiger partial charge in [0.05, 0.1) is 7.11 Å². The monoisotopic (exact) mass is 268 g/mol. The Hall–Kier alpha value is -0.740. The fraction of sp³-hybridized carbons (Fsp3) is 0.643. The van der Waals surface area contributed by atoms with Crippen LogP contribution in [0.4, 0.5) is 0 Å². The molecular weight excluding hydrogens is 244 g/mol. The summed E-state index contributed by atoms with van der Waals surface area (Å²) in [6.45, 7) is 6.26. The molecule has 0 aliphatic rings. The first kappa shape index (κ1) is 15.3. The zero-order valence-electron chi connectivity index (χ0n) is 12.0. The van der Waals surface area contributed by atoms with Crippen LogP contribution in [0.25, 0.3) is 0 Å². The molecule has 1 rings (SSSR count). The van der Waals surface area contributed by atoms with E-state index >= 15 is 0 Å². The van der Waals surface area contributed by atoms with Gasteiger partial charge in [0, 0.05) is 35.5 Å².